The number of furan rings is 1. The van der Waals surface area contributed by atoms with Crippen molar-refractivity contribution in [1.29, 1.82) is 0 Å². The van der Waals surface area contributed by atoms with Crippen LogP contribution in [0.15, 0.2) is 58.1 Å². The van der Waals surface area contributed by atoms with Crippen molar-refractivity contribution in [2.45, 2.75) is 11.3 Å². The standard InChI is InChI=1S/C17H18N2O6S/c18-26(22,23)15-6-3-13(4-7-15)9-10-19-16(20)12-25-17(21)8-5-14-2-1-11-24-14/h1-8,11H,9-10,12H2,(H,19,20)(H2,18,22,23). The number of primary sulfonamides is 1. The van der Waals surface area contributed by atoms with Crippen molar-refractivity contribution >= 4 is 28.0 Å². The zero-order valence-electron chi connectivity index (χ0n) is 13.8. The molecule has 138 valence electrons. The molecule has 0 aliphatic heterocycles. The Labute approximate surface area is 150 Å². The Kier molecular flexibility index (Phi) is 6.70. The summed E-state index contributed by atoms with van der Waals surface area (Å²) < 4.78 is 32.1. The molecule has 1 aromatic carbocycles. The fourth-order valence-electron chi connectivity index (χ4n) is 1.96. The number of carbonyl (C=O) groups excluding carboxylic acids is 2. The first-order chi connectivity index (χ1) is 12.3. The highest BCUT2D eigenvalue weighted by atomic mass is 32.2. The Morgan fingerprint density at radius 3 is 2.54 bits per heavy atom. The summed E-state index contributed by atoms with van der Waals surface area (Å²) >= 11 is 0. The summed E-state index contributed by atoms with van der Waals surface area (Å²) in [5.74, 6) is -0.596. The average molecular weight is 378 g/mol. The molecule has 1 amide bonds. The minimum atomic E-state index is -3.72. The third kappa shape index (κ3) is 6.54. The Morgan fingerprint density at radius 1 is 1.19 bits per heavy atom. The summed E-state index contributed by atoms with van der Waals surface area (Å²) in [6, 6.07) is 9.39. The van der Waals surface area contributed by atoms with Crippen LogP contribution in [-0.4, -0.2) is 33.4 Å². The van der Waals surface area contributed by atoms with Gasteiger partial charge < -0.3 is 14.5 Å². The third-order valence-electron chi connectivity index (χ3n) is 3.26. The maximum atomic E-state index is 11.6. The molecule has 2 rings (SSSR count). The van der Waals surface area contributed by atoms with Crippen molar-refractivity contribution < 1.29 is 27.2 Å². The second kappa shape index (κ2) is 8.97. The topological polar surface area (TPSA) is 129 Å². The molecule has 1 aromatic heterocycles. The SMILES string of the molecule is NS(=O)(=O)c1ccc(CCNC(=O)COC(=O)C=Cc2ccco2)cc1. The molecule has 0 fully saturated rings. The van der Waals surface area contributed by atoms with E-state index in [0.717, 1.165) is 5.56 Å². The molecular weight excluding hydrogens is 360 g/mol. The average Bonchev–Trinajstić information content (AvgIpc) is 3.11. The minimum absolute atomic E-state index is 0.0276. The van der Waals surface area contributed by atoms with E-state index < -0.39 is 28.5 Å². The van der Waals surface area contributed by atoms with Gasteiger partial charge in [0.2, 0.25) is 10.0 Å². The Morgan fingerprint density at radius 2 is 1.92 bits per heavy atom. The van der Waals surface area contributed by atoms with Crippen molar-refractivity contribution in [3.05, 3.63) is 60.1 Å². The van der Waals surface area contributed by atoms with E-state index >= 15 is 0 Å². The number of benzene rings is 1. The van der Waals surface area contributed by atoms with Gasteiger partial charge in [-0.05, 0) is 42.3 Å². The normalized spacial score (nSPS) is 11.4. The van der Waals surface area contributed by atoms with Gasteiger partial charge in [0.25, 0.3) is 5.91 Å². The van der Waals surface area contributed by atoms with Crippen LogP contribution in [0.2, 0.25) is 0 Å². The van der Waals surface area contributed by atoms with Crippen LogP contribution < -0.4 is 10.5 Å². The number of hydrogen-bond donors (Lipinski definition) is 2. The molecule has 0 unspecified atom stereocenters. The van der Waals surface area contributed by atoms with E-state index in [2.05, 4.69) is 5.32 Å². The van der Waals surface area contributed by atoms with E-state index in [4.69, 9.17) is 14.3 Å². The monoisotopic (exact) mass is 378 g/mol. The Balaban J connectivity index is 1.68. The lowest BCUT2D eigenvalue weighted by Gasteiger charge is -2.06. The number of carbonyl (C=O) groups is 2. The largest absolute Gasteiger partial charge is 0.465 e. The molecule has 0 radical (unpaired) electrons. The Hall–Kier alpha value is -2.91. The molecule has 0 saturated carbocycles. The molecule has 3 N–H and O–H groups in total. The number of ether oxygens (including phenoxy) is 1. The third-order valence-corrected chi connectivity index (χ3v) is 4.19. The van der Waals surface area contributed by atoms with Crippen LogP contribution in [-0.2, 0) is 30.8 Å². The van der Waals surface area contributed by atoms with Crippen LogP contribution in [0.5, 0.6) is 0 Å². The zero-order valence-corrected chi connectivity index (χ0v) is 14.6. The van der Waals surface area contributed by atoms with Gasteiger partial charge in [-0.15, -0.1) is 0 Å². The van der Waals surface area contributed by atoms with E-state index in [0.29, 0.717) is 18.7 Å². The number of hydrogen-bond acceptors (Lipinski definition) is 6. The quantitative estimate of drug-likeness (QED) is 0.517. The van der Waals surface area contributed by atoms with Crippen LogP contribution in [0, 0.1) is 0 Å². The highest BCUT2D eigenvalue weighted by Crippen LogP contribution is 2.08. The number of esters is 1. The molecule has 0 bridgehead atoms. The summed E-state index contributed by atoms with van der Waals surface area (Å²) in [6.45, 7) is -0.0843. The highest BCUT2D eigenvalue weighted by Gasteiger charge is 2.07. The molecule has 2 aromatic rings. The van der Waals surface area contributed by atoms with E-state index in [1.807, 2.05) is 0 Å². The van der Waals surface area contributed by atoms with Crippen molar-refractivity contribution in [3.63, 3.8) is 0 Å². The lowest BCUT2D eigenvalue weighted by atomic mass is 10.1. The van der Waals surface area contributed by atoms with Gasteiger partial charge in [0.1, 0.15) is 5.76 Å². The predicted octanol–water partition coefficient (Wildman–Crippen LogP) is 0.842. The first-order valence-corrected chi connectivity index (χ1v) is 9.16. The van der Waals surface area contributed by atoms with Gasteiger partial charge in [-0.3, -0.25) is 4.79 Å². The lowest BCUT2D eigenvalue weighted by molar-refractivity contribution is -0.143. The van der Waals surface area contributed by atoms with Crippen molar-refractivity contribution in [3.8, 4) is 0 Å². The molecule has 8 nitrogen and oxygen atoms in total. The summed E-state index contributed by atoms with van der Waals surface area (Å²) in [6.07, 6.45) is 4.56. The highest BCUT2D eigenvalue weighted by molar-refractivity contribution is 7.89. The van der Waals surface area contributed by atoms with Gasteiger partial charge in [0.15, 0.2) is 6.61 Å². The van der Waals surface area contributed by atoms with Crippen molar-refractivity contribution in [1.82, 2.24) is 5.32 Å². The maximum Gasteiger partial charge on any atom is 0.331 e. The van der Waals surface area contributed by atoms with E-state index in [1.165, 1.54) is 30.5 Å². The molecule has 26 heavy (non-hydrogen) atoms. The van der Waals surface area contributed by atoms with Gasteiger partial charge in [-0.25, -0.2) is 18.4 Å². The second-order valence-corrected chi connectivity index (χ2v) is 6.81. The number of sulfonamides is 1. The van der Waals surface area contributed by atoms with Gasteiger partial charge >= 0.3 is 5.97 Å². The van der Waals surface area contributed by atoms with Crippen LogP contribution in [0.3, 0.4) is 0 Å². The number of rotatable bonds is 8. The maximum absolute atomic E-state index is 11.6. The number of nitrogens with one attached hydrogen (secondary N) is 1. The molecule has 0 saturated heterocycles. The number of nitrogens with two attached hydrogens (primary N) is 1. The summed E-state index contributed by atoms with van der Waals surface area (Å²) in [5, 5.41) is 7.62. The fourth-order valence-corrected chi connectivity index (χ4v) is 2.48. The van der Waals surface area contributed by atoms with Crippen LogP contribution in [0.1, 0.15) is 11.3 Å². The number of amides is 1. The van der Waals surface area contributed by atoms with Gasteiger partial charge in [0.05, 0.1) is 11.2 Å². The van der Waals surface area contributed by atoms with E-state index in [1.54, 1.807) is 24.3 Å². The van der Waals surface area contributed by atoms with Gasteiger partial charge in [-0.2, -0.15) is 0 Å². The molecule has 9 heteroatoms. The Bertz CT molecular complexity index is 870. The summed E-state index contributed by atoms with van der Waals surface area (Å²) in [5.41, 5.74) is 0.830. The minimum Gasteiger partial charge on any atom is -0.465 e. The molecular formula is C17H18N2O6S. The van der Waals surface area contributed by atoms with E-state index in [9.17, 15) is 18.0 Å². The smallest absolute Gasteiger partial charge is 0.331 e. The van der Waals surface area contributed by atoms with Gasteiger partial charge in [-0.1, -0.05) is 12.1 Å². The summed E-state index contributed by atoms with van der Waals surface area (Å²) in [4.78, 5) is 23.1. The van der Waals surface area contributed by atoms with Crippen LogP contribution in [0.4, 0.5) is 0 Å². The first kappa shape index (κ1) is 19.4. The molecule has 1 heterocycles. The lowest BCUT2D eigenvalue weighted by Crippen LogP contribution is -2.30. The van der Waals surface area contributed by atoms with Gasteiger partial charge in [0, 0.05) is 12.6 Å². The van der Waals surface area contributed by atoms with E-state index in [-0.39, 0.29) is 4.90 Å². The van der Waals surface area contributed by atoms with Crippen molar-refractivity contribution in [2.24, 2.45) is 5.14 Å². The first-order valence-electron chi connectivity index (χ1n) is 7.61. The van der Waals surface area contributed by atoms with Crippen LogP contribution >= 0.6 is 0 Å². The fraction of sp³-hybridized carbons (Fsp3) is 0.176. The van der Waals surface area contributed by atoms with Crippen molar-refractivity contribution in [2.75, 3.05) is 13.2 Å². The second-order valence-electron chi connectivity index (χ2n) is 5.25. The molecule has 0 aliphatic rings. The summed E-state index contributed by atoms with van der Waals surface area (Å²) in [7, 11) is -3.72. The molecule has 0 atom stereocenters. The van der Waals surface area contributed by atoms with Crippen LogP contribution in [0.25, 0.3) is 6.08 Å². The zero-order chi connectivity index (χ0) is 19.0. The predicted molar refractivity (Wildman–Crippen MR) is 93.2 cm³/mol. The molecule has 0 spiro atoms. The molecule has 0 aliphatic carbocycles.